The predicted octanol–water partition coefficient (Wildman–Crippen LogP) is 3.27. The second-order valence-corrected chi connectivity index (χ2v) is 6.88. The molecule has 0 saturated carbocycles. The maximum atomic E-state index is 12.5. The Morgan fingerprint density at radius 1 is 1.30 bits per heavy atom. The van der Waals surface area contributed by atoms with Gasteiger partial charge in [-0.15, -0.1) is 0 Å². The molecule has 3 N–H and O–H groups in total. The maximum absolute atomic E-state index is 12.5. The fraction of sp³-hybridized carbons (Fsp3) is 0.450. The number of aryl methyl sites for hydroxylation is 1. The summed E-state index contributed by atoms with van der Waals surface area (Å²) < 4.78 is 0. The van der Waals surface area contributed by atoms with Gasteiger partial charge in [0.05, 0.1) is 17.7 Å². The van der Waals surface area contributed by atoms with E-state index in [0.29, 0.717) is 12.1 Å². The van der Waals surface area contributed by atoms with E-state index < -0.39 is 0 Å². The molecule has 0 spiro atoms. The fourth-order valence-corrected chi connectivity index (χ4v) is 2.63. The van der Waals surface area contributed by atoms with E-state index in [1.54, 1.807) is 0 Å². The van der Waals surface area contributed by atoms with Crippen molar-refractivity contribution in [1.82, 2.24) is 10.2 Å². The molecule has 0 saturated heterocycles. The summed E-state index contributed by atoms with van der Waals surface area (Å²) in [6.45, 7) is 9.66. The van der Waals surface area contributed by atoms with Crippen LogP contribution in [0.15, 0.2) is 34.5 Å². The first-order valence-electron chi connectivity index (χ1n) is 9.30. The first-order valence-corrected chi connectivity index (χ1v) is 9.30. The van der Waals surface area contributed by atoms with Crippen LogP contribution in [0.25, 0.3) is 0 Å². The van der Waals surface area contributed by atoms with Crippen molar-refractivity contribution in [2.45, 2.75) is 33.1 Å². The molecule has 0 radical (unpaired) electrons. The van der Waals surface area contributed by atoms with Gasteiger partial charge in [0.25, 0.3) is 5.91 Å². The van der Waals surface area contributed by atoms with Crippen LogP contribution in [0.4, 0.5) is 17.1 Å². The summed E-state index contributed by atoms with van der Waals surface area (Å²) in [7, 11) is 4.09. The van der Waals surface area contributed by atoms with E-state index in [9.17, 15) is 4.79 Å². The first kappa shape index (κ1) is 20.6. The smallest absolute Gasteiger partial charge is 0.271 e. The average Bonchev–Trinajstić information content (AvgIpc) is 2.60. The Morgan fingerprint density at radius 3 is 2.78 bits per heavy atom. The fourth-order valence-electron chi connectivity index (χ4n) is 2.63. The Kier molecular flexibility index (Phi) is 7.55. The Bertz CT molecular complexity index is 751. The number of benzene rings is 1. The van der Waals surface area contributed by atoms with Gasteiger partial charge in [-0.05, 0) is 51.6 Å². The Labute approximate surface area is 161 Å². The van der Waals surface area contributed by atoms with Gasteiger partial charge >= 0.3 is 0 Å². The molecular weight excluding hydrogens is 340 g/mol. The minimum atomic E-state index is -0.246. The van der Waals surface area contributed by atoms with Crippen molar-refractivity contribution in [3.05, 3.63) is 30.1 Å². The molecule has 0 bridgehead atoms. The number of nitrogens with one attached hydrogen (secondary N) is 3. The first-order chi connectivity index (χ1) is 12.9. The molecule has 7 nitrogen and oxygen atoms in total. The molecule has 1 amide bonds. The molecule has 7 heteroatoms. The summed E-state index contributed by atoms with van der Waals surface area (Å²) in [5.41, 5.74) is 4.12. The quantitative estimate of drug-likeness (QED) is 0.688. The van der Waals surface area contributed by atoms with E-state index in [-0.39, 0.29) is 11.7 Å². The van der Waals surface area contributed by atoms with Crippen LogP contribution in [0, 0.1) is 6.92 Å². The number of hydrogen-bond donors (Lipinski definition) is 3. The lowest BCUT2D eigenvalue weighted by Crippen LogP contribution is -2.30. The number of amides is 1. The lowest BCUT2D eigenvalue weighted by molar-refractivity contribution is -0.114. The number of carbonyl (C=O) groups excluding carboxylic acids is 1. The molecule has 1 aromatic carbocycles. The zero-order valence-electron chi connectivity index (χ0n) is 16.7. The van der Waals surface area contributed by atoms with Crippen LogP contribution in [0.3, 0.4) is 0 Å². The number of carbonyl (C=O) groups is 1. The summed E-state index contributed by atoms with van der Waals surface area (Å²) in [4.78, 5) is 23.4. The molecular formula is C20H30N6O. The van der Waals surface area contributed by atoms with E-state index >= 15 is 0 Å². The van der Waals surface area contributed by atoms with Crippen molar-refractivity contribution < 1.29 is 4.79 Å². The van der Waals surface area contributed by atoms with Gasteiger partial charge in [0.2, 0.25) is 0 Å². The maximum Gasteiger partial charge on any atom is 0.271 e. The van der Waals surface area contributed by atoms with Gasteiger partial charge < -0.3 is 20.9 Å². The van der Waals surface area contributed by atoms with Crippen LogP contribution < -0.4 is 16.0 Å². The molecule has 0 aliphatic carbocycles. The molecule has 1 aromatic rings. The molecule has 1 aliphatic rings. The summed E-state index contributed by atoms with van der Waals surface area (Å²) in [6, 6.07) is 4.00. The van der Waals surface area contributed by atoms with Crippen molar-refractivity contribution in [1.29, 1.82) is 0 Å². The molecule has 0 atom stereocenters. The zero-order valence-corrected chi connectivity index (χ0v) is 16.7. The number of hydrogen-bond acceptors (Lipinski definition) is 6. The van der Waals surface area contributed by atoms with Gasteiger partial charge in [-0.25, -0.2) is 9.98 Å². The summed E-state index contributed by atoms with van der Waals surface area (Å²) in [5.74, 6) is 0.0425. The van der Waals surface area contributed by atoms with Crippen LogP contribution in [0.1, 0.15) is 31.7 Å². The second-order valence-electron chi connectivity index (χ2n) is 6.88. The van der Waals surface area contributed by atoms with Crippen molar-refractivity contribution in [2.75, 3.05) is 37.8 Å². The van der Waals surface area contributed by atoms with Crippen LogP contribution in [0.5, 0.6) is 0 Å². The number of nitrogens with zero attached hydrogens (tertiary/aromatic N) is 3. The van der Waals surface area contributed by atoms with E-state index in [4.69, 9.17) is 0 Å². The Hall–Kier alpha value is -2.67. The van der Waals surface area contributed by atoms with Crippen molar-refractivity contribution in [3.63, 3.8) is 0 Å². The number of aliphatic imine (C=N–C) groups is 2. The molecule has 0 aromatic heterocycles. The van der Waals surface area contributed by atoms with Gasteiger partial charge in [-0.3, -0.25) is 4.79 Å². The van der Waals surface area contributed by atoms with Gasteiger partial charge in [0.1, 0.15) is 11.5 Å². The van der Waals surface area contributed by atoms with E-state index in [2.05, 4.69) is 44.3 Å². The van der Waals surface area contributed by atoms with Crippen LogP contribution in [-0.2, 0) is 4.79 Å². The molecule has 0 fully saturated rings. The van der Waals surface area contributed by atoms with Crippen molar-refractivity contribution in [2.24, 2.45) is 9.98 Å². The molecule has 2 rings (SSSR count). The standard InChI is InChI=1S/C20H30N6O/c1-6-7-8-16-20(27)24-15(3)22-13-23-18-12-17(21-9-10-26(4)5)14(2)11-19(18)25-16/h11-13,21H,3,6-10H2,1-2,4-5H3,(H,22,23)(H,24,27). The number of fused-ring (bicyclic) bond motifs is 1. The van der Waals surface area contributed by atoms with Gasteiger partial charge in [0, 0.05) is 18.8 Å². The molecule has 1 heterocycles. The van der Waals surface area contributed by atoms with E-state index in [1.165, 1.54) is 6.34 Å². The monoisotopic (exact) mass is 370 g/mol. The zero-order chi connectivity index (χ0) is 19.8. The lowest BCUT2D eigenvalue weighted by atomic mass is 10.1. The second kappa shape index (κ2) is 9.87. The molecule has 146 valence electrons. The highest BCUT2D eigenvalue weighted by Gasteiger charge is 2.15. The van der Waals surface area contributed by atoms with Crippen LogP contribution in [0.2, 0.25) is 0 Å². The largest absolute Gasteiger partial charge is 0.383 e. The normalized spacial score (nSPS) is 15.5. The van der Waals surface area contributed by atoms with Gasteiger partial charge in [-0.2, -0.15) is 0 Å². The predicted molar refractivity (Wildman–Crippen MR) is 114 cm³/mol. The summed E-state index contributed by atoms with van der Waals surface area (Å²) in [5, 5.41) is 9.29. The van der Waals surface area contributed by atoms with Gasteiger partial charge in [-0.1, -0.05) is 19.9 Å². The average molecular weight is 371 g/mol. The molecule has 1 aliphatic heterocycles. The van der Waals surface area contributed by atoms with E-state index in [0.717, 1.165) is 48.6 Å². The topological polar surface area (TPSA) is 81.1 Å². The van der Waals surface area contributed by atoms with E-state index in [1.807, 2.05) is 33.2 Å². The van der Waals surface area contributed by atoms with Crippen molar-refractivity contribution in [3.8, 4) is 0 Å². The highest BCUT2D eigenvalue weighted by atomic mass is 16.2. The minimum Gasteiger partial charge on any atom is -0.383 e. The Balaban J connectivity index is 2.39. The number of rotatable bonds is 7. The number of unbranched alkanes of at least 4 members (excludes halogenated alkanes) is 1. The van der Waals surface area contributed by atoms with Crippen molar-refractivity contribution >= 4 is 35.0 Å². The highest BCUT2D eigenvalue weighted by molar-refractivity contribution is 6.39. The van der Waals surface area contributed by atoms with Crippen LogP contribution in [-0.4, -0.2) is 50.0 Å². The van der Waals surface area contributed by atoms with Gasteiger partial charge in [0.15, 0.2) is 0 Å². The lowest BCUT2D eigenvalue weighted by Gasteiger charge is -2.17. The molecule has 0 unspecified atom stereocenters. The number of likely N-dealkylation sites (N-methyl/N-ethyl adjacent to an activating group) is 1. The molecule has 27 heavy (non-hydrogen) atoms. The third-order valence-electron chi connectivity index (χ3n) is 4.20. The highest BCUT2D eigenvalue weighted by Crippen LogP contribution is 2.32. The Morgan fingerprint density at radius 2 is 2.07 bits per heavy atom. The van der Waals surface area contributed by atoms with Crippen LogP contribution >= 0.6 is 0 Å². The third kappa shape index (κ3) is 6.21. The summed E-state index contributed by atoms with van der Waals surface area (Å²) in [6.07, 6.45) is 4.02. The SMILES string of the molecule is C=C1/N=C/Nc2cc(NCCN(C)C)c(C)cc2N=C(CCCC)C(=O)N1. The summed E-state index contributed by atoms with van der Waals surface area (Å²) >= 11 is 0. The number of anilines is 2. The third-order valence-corrected chi connectivity index (χ3v) is 4.20. The minimum absolute atomic E-state index is 0.246.